The van der Waals surface area contributed by atoms with Gasteiger partial charge in [0.15, 0.2) is 11.0 Å². The van der Waals surface area contributed by atoms with E-state index in [4.69, 9.17) is 16.3 Å². The van der Waals surface area contributed by atoms with Gasteiger partial charge in [0.2, 0.25) is 5.91 Å². The van der Waals surface area contributed by atoms with E-state index in [1.807, 2.05) is 35.9 Å². The number of para-hydroxylation sites is 1. The van der Waals surface area contributed by atoms with Crippen LogP contribution in [0.1, 0.15) is 10.8 Å². The molecule has 0 saturated heterocycles. The fourth-order valence-corrected chi connectivity index (χ4v) is 4.81. The summed E-state index contributed by atoms with van der Waals surface area (Å²) in [5.41, 5.74) is 0.963. The van der Waals surface area contributed by atoms with Crippen molar-refractivity contribution in [2.45, 2.75) is 18.3 Å². The zero-order chi connectivity index (χ0) is 21.8. The van der Waals surface area contributed by atoms with E-state index in [2.05, 4.69) is 15.2 Å². The van der Waals surface area contributed by atoms with Gasteiger partial charge < -0.3 is 14.2 Å². The van der Waals surface area contributed by atoms with Crippen LogP contribution in [0.3, 0.4) is 0 Å². The van der Waals surface area contributed by atoms with Gasteiger partial charge in [-0.3, -0.25) is 4.79 Å². The van der Waals surface area contributed by atoms with Crippen LogP contribution in [0.25, 0.3) is 10.2 Å². The largest absolute Gasteiger partial charge is 0.486 e. The highest BCUT2D eigenvalue weighted by Crippen LogP contribution is 2.23. The molecule has 2 heterocycles. The van der Waals surface area contributed by atoms with Crippen LogP contribution >= 0.6 is 34.7 Å². The van der Waals surface area contributed by atoms with Gasteiger partial charge in [-0.25, -0.2) is 4.98 Å². The number of rotatable bonds is 8. The monoisotopic (exact) mass is 473 g/mol. The Morgan fingerprint density at radius 3 is 2.74 bits per heavy atom. The topological polar surface area (TPSA) is 73.1 Å². The molecule has 0 aliphatic rings. The van der Waals surface area contributed by atoms with Gasteiger partial charge in [-0.1, -0.05) is 35.5 Å². The molecule has 1 amide bonds. The molecule has 0 saturated carbocycles. The summed E-state index contributed by atoms with van der Waals surface area (Å²) < 4.78 is 8.68. The second kappa shape index (κ2) is 9.67. The molecule has 0 N–H and O–H groups in total. The Kier molecular flexibility index (Phi) is 6.74. The molecule has 0 fully saturated rings. The van der Waals surface area contributed by atoms with E-state index in [9.17, 15) is 4.79 Å². The van der Waals surface area contributed by atoms with Crippen LogP contribution < -0.4 is 4.74 Å². The van der Waals surface area contributed by atoms with E-state index in [-0.39, 0.29) is 18.3 Å². The summed E-state index contributed by atoms with van der Waals surface area (Å²) in [5, 5.41) is 10.6. The fraction of sp³-hybridized carbons (Fsp3) is 0.238. The van der Waals surface area contributed by atoms with Crippen molar-refractivity contribution in [3.63, 3.8) is 0 Å². The van der Waals surface area contributed by atoms with Gasteiger partial charge in [0.25, 0.3) is 0 Å². The van der Waals surface area contributed by atoms with Gasteiger partial charge in [-0.15, -0.1) is 21.5 Å². The predicted molar refractivity (Wildman–Crippen MR) is 124 cm³/mol. The van der Waals surface area contributed by atoms with Crippen LogP contribution in [0, 0.1) is 0 Å². The highest BCUT2D eigenvalue weighted by molar-refractivity contribution is 7.99. The quantitative estimate of drug-likeness (QED) is 0.353. The van der Waals surface area contributed by atoms with Crippen molar-refractivity contribution < 1.29 is 9.53 Å². The van der Waals surface area contributed by atoms with Crippen molar-refractivity contribution in [2.24, 2.45) is 7.05 Å². The molecule has 2 aromatic carbocycles. The van der Waals surface area contributed by atoms with Crippen molar-refractivity contribution in [2.75, 3.05) is 12.8 Å². The molecule has 0 aliphatic heterocycles. The Hall–Kier alpha value is -2.62. The lowest BCUT2D eigenvalue weighted by atomic mass is 10.3. The average molecular weight is 474 g/mol. The third-order valence-corrected chi connectivity index (χ3v) is 6.85. The molecular weight excluding hydrogens is 454 g/mol. The lowest BCUT2D eigenvalue weighted by molar-refractivity contribution is -0.127. The molecule has 7 nitrogen and oxygen atoms in total. The van der Waals surface area contributed by atoms with Gasteiger partial charge in [0.1, 0.15) is 17.4 Å². The molecule has 0 spiro atoms. The second-order valence-corrected chi connectivity index (χ2v) is 9.31. The van der Waals surface area contributed by atoms with Crippen LogP contribution in [0.4, 0.5) is 0 Å². The van der Waals surface area contributed by atoms with E-state index >= 15 is 0 Å². The van der Waals surface area contributed by atoms with Crippen LogP contribution in [-0.4, -0.2) is 43.4 Å². The molecule has 160 valence electrons. The number of hydrogen-bond acceptors (Lipinski definition) is 7. The molecule has 4 rings (SSSR count). The maximum absolute atomic E-state index is 12.6. The molecule has 0 bridgehead atoms. The smallest absolute Gasteiger partial charge is 0.233 e. The molecule has 0 aliphatic carbocycles. The Labute approximate surface area is 193 Å². The molecule has 0 atom stereocenters. The summed E-state index contributed by atoms with van der Waals surface area (Å²) in [6.07, 6.45) is 0. The first-order chi connectivity index (χ1) is 15.0. The number of nitrogens with zero attached hydrogens (tertiary/aromatic N) is 5. The van der Waals surface area contributed by atoms with Crippen LogP contribution in [-0.2, 0) is 25.0 Å². The minimum Gasteiger partial charge on any atom is -0.486 e. The number of thioether (sulfide) groups is 1. The molecular formula is C21H20ClN5O2S2. The Morgan fingerprint density at radius 1 is 1.19 bits per heavy atom. The zero-order valence-electron chi connectivity index (χ0n) is 17.0. The molecule has 31 heavy (non-hydrogen) atoms. The second-order valence-electron chi connectivity index (χ2n) is 6.81. The van der Waals surface area contributed by atoms with Gasteiger partial charge in [0, 0.05) is 19.1 Å². The first-order valence-electron chi connectivity index (χ1n) is 9.47. The lowest BCUT2D eigenvalue weighted by Gasteiger charge is -2.15. The number of aromatic nitrogens is 4. The number of carbonyl (C=O) groups is 1. The third kappa shape index (κ3) is 5.36. The summed E-state index contributed by atoms with van der Waals surface area (Å²) in [6, 6.07) is 15.1. The van der Waals surface area contributed by atoms with Gasteiger partial charge in [0.05, 0.1) is 22.5 Å². The standard InChI is InChI=1S/C21H20ClN5O2S2/c1-26(11-19-23-16-5-3-4-6-17(16)31-19)20(28)13-30-21-25-24-18(27(21)2)12-29-15-9-7-14(22)8-10-15/h3-10H,11-13H2,1-2H3. The highest BCUT2D eigenvalue weighted by Gasteiger charge is 2.16. The maximum atomic E-state index is 12.6. The van der Waals surface area contributed by atoms with Crippen molar-refractivity contribution >= 4 is 50.8 Å². The van der Waals surface area contributed by atoms with Crippen molar-refractivity contribution in [3.05, 3.63) is 64.4 Å². The lowest BCUT2D eigenvalue weighted by Crippen LogP contribution is -2.27. The van der Waals surface area contributed by atoms with E-state index in [0.717, 1.165) is 15.2 Å². The molecule has 10 heteroatoms. The molecule has 0 unspecified atom stereocenters. The number of hydrogen-bond donors (Lipinski definition) is 0. The normalized spacial score (nSPS) is 11.1. The minimum absolute atomic E-state index is 0.00576. The van der Waals surface area contributed by atoms with Crippen molar-refractivity contribution in [3.8, 4) is 5.75 Å². The van der Waals surface area contributed by atoms with Crippen LogP contribution in [0.2, 0.25) is 5.02 Å². The number of halogens is 1. The van der Waals surface area contributed by atoms with Crippen molar-refractivity contribution in [1.82, 2.24) is 24.6 Å². The van der Waals surface area contributed by atoms with E-state index in [1.165, 1.54) is 11.8 Å². The fourth-order valence-electron chi connectivity index (χ4n) is 2.79. The van der Waals surface area contributed by atoms with E-state index in [1.54, 1.807) is 47.5 Å². The van der Waals surface area contributed by atoms with Gasteiger partial charge in [-0.2, -0.15) is 0 Å². The van der Waals surface area contributed by atoms with Gasteiger partial charge in [-0.05, 0) is 36.4 Å². The molecule has 4 aromatic rings. The SMILES string of the molecule is CN(Cc1nc2ccccc2s1)C(=O)CSc1nnc(COc2ccc(Cl)cc2)n1C. The summed E-state index contributed by atoms with van der Waals surface area (Å²) in [6.45, 7) is 0.759. The van der Waals surface area contributed by atoms with Crippen molar-refractivity contribution in [1.29, 1.82) is 0 Å². The number of carbonyl (C=O) groups excluding carboxylic acids is 1. The first-order valence-corrected chi connectivity index (χ1v) is 11.7. The predicted octanol–water partition coefficient (Wildman–Crippen LogP) is 4.41. The summed E-state index contributed by atoms with van der Waals surface area (Å²) in [4.78, 5) is 18.9. The zero-order valence-corrected chi connectivity index (χ0v) is 19.4. The highest BCUT2D eigenvalue weighted by atomic mass is 35.5. The number of ether oxygens (including phenoxy) is 1. The first kappa shape index (κ1) is 21.6. The van der Waals surface area contributed by atoms with Gasteiger partial charge >= 0.3 is 0 Å². The Balaban J connectivity index is 1.30. The van der Waals surface area contributed by atoms with E-state index in [0.29, 0.717) is 28.3 Å². The number of thiazole rings is 1. The summed E-state index contributed by atoms with van der Waals surface area (Å²) in [5.74, 6) is 1.65. The maximum Gasteiger partial charge on any atom is 0.233 e. The third-order valence-electron chi connectivity index (χ3n) is 4.57. The number of benzene rings is 2. The molecule has 0 radical (unpaired) electrons. The summed E-state index contributed by atoms with van der Waals surface area (Å²) in [7, 11) is 3.65. The molecule has 2 aromatic heterocycles. The van der Waals surface area contributed by atoms with Crippen LogP contribution in [0.15, 0.2) is 53.7 Å². The Morgan fingerprint density at radius 2 is 1.97 bits per heavy atom. The number of fused-ring (bicyclic) bond motifs is 1. The van der Waals surface area contributed by atoms with Crippen LogP contribution in [0.5, 0.6) is 5.75 Å². The number of amides is 1. The minimum atomic E-state index is 0.00576. The Bertz CT molecular complexity index is 1160. The van der Waals surface area contributed by atoms with E-state index < -0.39 is 0 Å². The summed E-state index contributed by atoms with van der Waals surface area (Å²) >= 11 is 8.84. The average Bonchev–Trinajstić information content (AvgIpc) is 3.34.